The summed E-state index contributed by atoms with van der Waals surface area (Å²) in [5.41, 5.74) is 2.14. The normalized spacial score (nSPS) is 10.7. The van der Waals surface area contributed by atoms with Gasteiger partial charge >= 0.3 is 0 Å². The second kappa shape index (κ2) is 11.1. The molecule has 0 aliphatic rings. The highest BCUT2D eigenvalue weighted by molar-refractivity contribution is 14.0. The maximum absolute atomic E-state index is 5.78. The molecule has 0 unspecified atom stereocenters. The number of aliphatic imine (C=N–C) groups is 1. The number of rotatable bonds is 6. The van der Waals surface area contributed by atoms with E-state index in [1.807, 2.05) is 37.3 Å². The first kappa shape index (κ1) is 20.5. The minimum Gasteiger partial charge on any atom is -0.497 e. The molecule has 0 aliphatic heterocycles. The van der Waals surface area contributed by atoms with Gasteiger partial charge in [-0.05, 0) is 36.2 Å². The van der Waals surface area contributed by atoms with E-state index in [1.165, 1.54) is 0 Å². The molecule has 1 aromatic carbocycles. The number of pyridine rings is 1. The van der Waals surface area contributed by atoms with Crippen molar-refractivity contribution in [3.63, 3.8) is 0 Å². The summed E-state index contributed by atoms with van der Waals surface area (Å²) in [5, 5.41) is 7.02. The minimum absolute atomic E-state index is 0. The predicted molar refractivity (Wildman–Crippen MR) is 109 cm³/mol. The van der Waals surface area contributed by atoms with Crippen molar-refractivity contribution in [1.82, 2.24) is 15.6 Å². The number of methoxy groups -OCH3 is 1. The summed E-state index contributed by atoms with van der Waals surface area (Å²) in [7, 11) is 1.66. The minimum atomic E-state index is 0. The van der Waals surface area contributed by atoms with Crippen molar-refractivity contribution in [2.45, 2.75) is 20.0 Å². The molecule has 1 heterocycles. The molecule has 0 saturated carbocycles. The molecule has 0 amide bonds. The van der Waals surface area contributed by atoms with Crippen molar-refractivity contribution < 1.29 is 4.74 Å². The summed E-state index contributed by atoms with van der Waals surface area (Å²) < 4.78 is 5.23. The fourth-order valence-electron chi connectivity index (χ4n) is 1.98. The number of guanidine groups is 1. The topological polar surface area (TPSA) is 58.5 Å². The molecule has 1 aromatic heterocycles. The van der Waals surface area contributed by atoms with Crippen molar-refractivity contribution in [3.8, 4) is 5.75 Å². The molecule has 0 atom stereocenters. The monoisotopic (exact) mass is 460 g/mol. The van der Waals surface area contributed by atoms with Crippen LogP contribution in [0, 0.1) is 0 Å². The number of ether oxygens (including phenoxy) is 1. The smallest absolute Gasteiger partial charge is 0.191 e. The van der Waals surface area contributed by atoms with Gasteiger partial charge in [-0.1, -0.05) is 29.8 Å². The van der Waals surface area contributed by atoms with Gasteiger partial charge in [0.05, 0.1) is 13.7 Å². The van der Waals surface area contributed by atoms with Crippen LogP contribution in [0.4, 0.5) is 0 Å². The number of hydrogen-bond acceptors (Lipinski definition) is 3. The van der Waals surface area contributed by atoms with E-state index in [0.717, 1.165) is 29.4 Å². The van der Waals surface area contributed by atoms with E-state index in [-0.39, 0.29) is 24.0 Å². The predicted octanol–water partition coefficient (Wildman–Crippen LogP) is 3.62. The first-order valence-corrected chi connectivity index (χ1v) is 7.84. The Labute approximate surface area is 164 Å². The van der Waals surface area contributed by atoms with Crippen LogP contribution in [0.2, 0.25) is 5.15 Å². The molecular formula is C17H22ClIN4O. The van der Waals surface area contributed by atoms with Crippen LogP contribution in [0.15, 0.2) is 47.6 Å². The Morgan fingerprint density at radius 2 is 2.04 bits per heavy atom. The van der Waals surface area contributed by atoms with Crippen molar-refractivity contribution in [2.75, 3.05) is 13.7 Å². The van der Waals surface area contributed by atoms with Crippen molar-refractivity contribution in [2.24, 2.45) is 4.99 Å². The third-order valence-corrected chi connectivity index (χ3v) is 3.37. The third kappa shape index (κ3) is 6.92. The molecule has 0 saturated heterocycles. The zero-order valence-electron chi connectivity index (χ0n) is 13.8. The van der Waals surface area contributed by atoms with Crippen LogP contribution >= 0.6 is 35.6 Å². The summed E-state index contributed by atoms with van der Waals surface area (Å²) in [5.74, 6) is 1.60. The standard InChI is InChI=1S/C17H21ClN4O.HI/c1-3-19-17(22-12-14-7-8-16(18)20-11-14)21-10-13-5-4-6-15(9-13)23-2;/h4-9,11H,3,10,12H2,1-2H3,(H2,19,21,22);1H. The number of nitrogens with zero attached hydrogens (tertiary/aromatic N) is 2. The molecular weight excluding hydrogens is 439 g/mol. The van der Waals surface area contributed by atoms with Crippen LogP contribution in [-0.4, -0.2) is 24.6 Å². The lowest BCUT2D eigenvalue weighted by Gasteiger charge is -2.12. The SMILES string of the molecule is CCNC(=NCc1ccc(Cl)nc1)NCc1cccc(OC)c1.I. The Morgan fingerprint density at radius 3 is 2.71 bits per heavy atom. The van der Waals surface area contributed by atoms with Gasteiger partial charge in [-0.15, -0.1) is 24.0 Å². The second-order valence-electron chi connectivity index (χ2n) is 4.89. The molecule has 2 aromatic rings. The van der Waals surface area contributed by atoms with E-state index in [2.05, 4.69) is 20.6 Å². The van der Waals surface area contributed by atoms with E-state index in [4.69, 9.17) is 16.3 Å². The summed E-state index contributed by atoms with van der Waals surface area (Å²) >= 11 is 5.78. The molecule has 0 aliphatic carbocycles. The molecule has 0 radical (unpaired) electrons. The molecule has 0 fully saturated rings. The van der Waals surface area contributed by atoms with E-state index < -0.39 is 0 Å². The number of benzene rings is 1. The lowest BCUT2D eigenvalue weighted by molar-refractivity contribution is 0.414. The average Bonchev–Trinajstić information content (AvgIpc) is 2.59. The Morgan fingerprint density at radius 1 is 1.21 bits per heavy atom. The highest BCUT2D eigenvalue weighted by atomic mass is 127. The highest BCUT2D eigenvalue weighted by Gasteiger charge is 2.00. The van der Waals surface area contributed by atoms with Crippen LogP contribution in [0.5, 0.6) is 5.75 Å². The lowest BCUT2D eigenvalue weighted by atomic mass is 10.2. The Bertz CT molecular complexity index is 649. The van der Waals surface area contributed by atoms with E-state index in [1.54, 1.807) is 19.4 Å². The van der Waals surface area contributed by atoms with Gasteiger partial charge in [0.25, 0.3) is 0 Å². The lowest BCUT2D eigenvalue weighted by Crippen LogP contribution is -2.36. The number of halogens is 2. The molecule has 130 valence electrons. The number of hydrogen-bond donors (Lipinski definition) is 2. The zero-order chi connectivity index (χ0) is 16.5. The first-order chi connectivity index (χ1) is 11.2. The average molecular weight is 461 g/mol. The van der Waals surface area contributed by atoms with Crippen LogP contribution in [0.1, 0.15) is 18.1 Å². The quantitative estimate of drug-likeness (QED) is 0.299. The van der Waals surface area contributed by atoms with Gasteiger partial charge in [-0.25, -0.2) is 9.98 Å². The fourth-order valence-corrected chi connectivity index (χ4v) is 2.09. The van der Waals surface area contributed by atoms with Gasteiger partial charge in [-0.3, -0.25) is 0 Å². The third-order valence-electron chi connectivity index (χ3n) is 3.15. The van der Waals surface area contributed by atoms with Crippen LogP contribution in [0.25, 0.3) is 0 Å². The van der Waals surface area contributed by atoms with Gasteiger partial charge in [-0.2, -0.15) is 0 Å². The summed E-state index contributed by atoms with van der Waals surface area (Å²) in [6.45, 7) is 4.04. The summed E-state index contributed by atoms with van der Waals surface area (Å²) in [6, 6.07) is 11.6. The molecule has 0 spiro atoms. The second-order valence-corrected chi connectivity index (χ2v) is 5.28. The van der Waals surface area contributed by atoms with Gasteiger partial charge in [0.15, 0.2) is 5.96 Å². The van der Waals surface area contributed by atoms with Gasteiger partial charge in [0.1, 0.15) is 10.9 Å². The molecule has 24 heavy (non-hydrogen) atoms. The number of aromatic nitrogens is 1. The van der Waals surface area contributed by atoms with E-state index in [0.29, 0.717) is 18.2 Å². The van der Waals surface area contributed by atoms with E-state index >= 15 is 0 Å². The Balaban J connectivity index is 0.00000288. The van der Waals surface area contributed by atoms with Gasteiger partial charge in [0, 0.05) is 19.3 Å². The maximum Gasteiger partial charge on any atom is 0.191 e. The van der Waals surface area contributed by atoms with Crippen LogP contribution < -0.4 is 15.4 Å². The zero-order valence-corrected chi connectivity index (χ0v) is 16.8. The van der Waals surface area contributed by atoms with Crippen molar-refractivity contribution in [1.29, 1.82) is 0 Å². The maximum atomic E-state index is 5.78. The molecule has 7 heteroatoms. The molecule has 0 bridgehead atoms. The van der Waals surface area contributed by atoms with Crippen molar-refractivity contribution in [3.05, 3.63) is 58.9 Å². The van der Waals surface area contributed by atoms with Crippen LogP contribution in [-0.2, 0) is 13.1 Å². The summed E-state index contributed by atoms with van der Waals surface area (Å²) in [6.07, 6.45) is 1.73. The molecule has 2 rings (SSSR count). The highest BCUT2D eigenvalue weighted by Crippen LogP contribution is 2.12. The van der Waals surface area contributed by atoms with Crippen molar-refractivity contribution >= 4 is 41.5 Å². The Hall–Kier alpha value is -1.54. The Kier molecular flexibility index (Phi) is 9.48. The molecule has 5 nitrogen and oxygen atoms in total. The fraction of sp³-hybridized carbons (Fsp3) is 0.294. The number of nitrogens with one attached hydrogen (secondary N) is 2. The van der Waals surface area contributed by atoms with Gasteiger partial charge in [0.2, 0.25) is 0 Å². The summed E-state index contributed by atoms with van der Waals surface area (Å²) in [4.78, 5) is 8.61. The molecule has 2 N–H and O–H groups in total. The largest absolute Gasteiger partial charge is 0.497 e. The van der Waals surface area contributed by atoms with Gasteiger partial charge < -0.3 is 15.4 Å². The van der Waals surface area contributed by atoms with Crippen LogP contribution in [0.3, 0.4) is 0 Å². The first-order valence-electron chi connectivity index (χ1n) is 7.47. The van der Waals surface area contributed by atoms with E-state index in [9.17, 15) is 0 Å².